The first-order chi connectivity index (χ1) is 8.24. The third-order valence-electron chi connectivity index (χ3n) is 2.79. The summed E-state index contributed by atoms with van der Waals surface area (Å²) >= 11 is 0. The molecule has 1 amide bonds. The minimum atomic E-state index is -0.606. The molecule has 0 aromatic heterocycles. The lowest BCUT2D eigenvalue weighted by Crippen LogP contribution is -2.47. The van der Waals surface area contributed by atoms with E-state index in [4.69, 9.17) is 4.74 Å². The average molecular weight is 257 g/mol. The van der Waals surface area contributed by atoms with Gasteiger partial charge in [0.1, 0.15) is 11.6 Å². The number of esters is 1. The third-order valence-corrected chi connectivity index (χ3v) is 2.79. The Kier molecular flexibility index (Phi) is 4.59. The Hall–Kier alpha value is -1.26. The molecular weight excluding hydrogens is 234 g/mol. The van der Waals surface area contributed by atoms with Crippen molar-refractivity contribution in [2.45, 2.75) is 52.2 Å². The zero-order chi connectivity index (χ0) is 13.9. The van der Waals surface area contributed by atoms with E-state index in [9.17, 15) is 9.59 Å². The average Bonchev–Trinajstić information content (AvgIpc) is 3.05. The van der Waals surface area contributed by atoms with E-state index < -0.39 is 23.7 Å². The lowest BCUT2D eigenvalue weighted by Gasteiger charge is -2.30. The van der Waals surface area contributed by atoms with Crippen LogP contribution in [0, 0.1) is 5.92 Å². The fourth-order valence-corrected chi connectivity index (χ4v) is 1.59. The first-order valence-electron chi connectivity index (χ1n) is 6.32. The molecule has 0 aromatic carbocycles. The maximum atomic E-state index is 12.1. The largest absolute Gasteiger partial charge is 0.467 e. The van der Waals surface area contributed by atoms with Gasteiger partial charge in [-0.2, -0.15) is 0 Å². The Balaban J connectivity index is 2.70. The molecule has 0 aromatic rings. The van der Waals surface area contributed by atoms with Crippen LogP contribution in [0.15, 0.2) is 0 Å². The van der Waals surface area contributed by atoms with Crippen molar-refractivity contribution in [1.29, 1.82) is 0 Å². The topological polar surface area (TPSA) is 55.8 Å². The summed E-state index contributed by atoms with van der Waals surface area (Å²) in [6.45, 7) is 7.65. The van der Waals surface area contributed by atoms with Crippen molar-refractivity contribution in [1.82, 2.24) is 4.90 Å². The molecule has 1 aliphatic carbocycles. The molecular formula is C13H23NO4. The molecule has 5 nitrogen and oxygen atoms in total. The van der Waals surface area contributed by atoms with Crippen molar-refractivity contribution in [2.75, 3.05) is 13.7 Å². The summed E-state index contributed by atoms with van der Waals surface area (Å²) in [5.74, 6) is 0.0751. The number of amides is 1. The molecule has 1 fully saturated rings. The highest BCUT2D eigenvalue weighted by Gasteiger charge is 2.35. The van der Waals surface area contributed by atoms with Crippen LogP contribution in [0.2, 0.25) is 0 Å². The van der Waals surface area contributed by atoms with E-state index in [-0.39, 0.29) is 0 Å². The van der Waals surface area contributed by atoms with E-state index >= 15 is 0 Å². The smallest absolute Gasteiger partial charge is 0.411 e. The maximum absolute atomic E-state index is 12.1. The van der Waals surface area contributed by atoms with Crippen LogP contribution < -0.4 is 0 Å². The van der Waals surface area contributed by atoms with Crippen LogP contribution in [0.3, 0.4) is 0 Å². The van der Waals surface area contributed by atoms with Crippen LogP contribution in [-0.4, -0.2) is 42.3 Å². The maximum Gasteiger partial charge on any atom is 0.411 e. The molecule has 0 heterocycles. The van der Waals surface area contributed by atoms with Gasteiger partial charge in [-0.15, -0.1) is 0 Å². The Labute approximate surface area is 108 Å². The number of nitrogens with zero attached hydrogens (tertiary/aromatic N) is 1. The van der Waals surface area contributed by atoms with E-state index in [0.29, 0.717) is 12.5 Å². The van der Waals surface area contributed by atoms with Crippen LogP contribution in [0.25, 0.3) is 0 Å². The van der Waals surface area contributed by atoms with Gasteiger partial charge in [-0.25, -0.2) is 9.59 Å². The van der Waals surface area contributed by atoms with Gasteiger partial charge in [0.15, 0.2) is 0 Å². The van der Waals surface area contributed by atoms with Gasteiger partial charge >= 0.3 is 12.1 Å². The van der Waals surface area contributed by atoms with Crippen LogP contribution in [0.4, 0.5) is 4.79 Å². The molecule has 1 rings (SSSR count). The SMILES string of the molecule is COC(=O)[C@H](C)N(CC1CC1)C(=O)OC(C)(C)C. The van der Waals surface area contributed by atoms with Crippen molar-refractivity contribution in [2.24, 2.45) is 5.92 Å². The number of methoxy groups -OCH3 is 1. The third kappa shape index (κ3) is 4.55. The number of hydrogen-bond acceptors (Lipinski definition) is 4. The van der Waals surface area contributed by atoms with Gasteiger partial charge < -0.3 is 9.47 Å². The first kappa shape index (κ1) is 14.8. The minimum Gasteiger partial charge on any atom is -0.467 e. The molecule has 1 saturated carbocycles. The second-order valence-electron chi connectivity index (χ2n) is 5.78. The second-order valence-corrected chi connectivity index (χ2v) is 5.78. The molecule has 0 N–H and O–H groups in total. The summed E-state index contributed by atoms with van der Waals surface area (Å²) in [7, 11) is 1.32. The van der Waals surface area contributed by atoms with Crippen LogP contribution in [0.1, 0.15) is 40.5 Å². The molecule has 1 atom stereocenters. The molecule has 5 heteroatoms. The van der Waals surface area contributed by atoms with Gasteiger partial charge in [-0.3, -0.25) is 4.90 Å². The summed E-state index contributed by atoms with van der Waals surface area (Å²) in [6.07, 6.45) is 1.76. The van der Waals surface area contributed by atoms with E-state index in [1.807, 2.05) is 20.8 Å². The van der Waals surface area contributed by atoms with E-state index in [2.05, 4.69) is 4.74 Å². The van der Waals surface area contributed by atoms with Crippen molar-refractivity contribution >= 4 is 12.1 Å². The van der Waals surface area contributed by atoms with Gasteiger partial charge in [0.25, 0.3) is 0 Å². The second kappa shape index (κ2) is 5.59. The van der Waals surface area contributed by atoms with Crippen LogP contribution in [-0.2, 0) is 14.3 Å². The number of carbonyl (C=O) groups excluding carboxylic acids is 2. The fourth-order valence-electron chi connectivity index (χ4n) is 1.59. The van der Waals surface area contributed by atoms with Gasteiger partial charge in [-0.05, 0) is 46.5 Å². The van der Waals surface area contributed by atoms with E-state index in [1.165, 1.54) is 12.0 Å². The zero-order valence-electron chi connectivity index (χ0n) is 11.9. The van der Waals surface area contributed by atoms with Crippen molar-refractivity contribution in [3.05, 3.63) is 0 Å². The number of ether oxygens (including phenoxy) is 2. The molecule has 18 heavy (non-hydrogen) atoms. The van der Waals surface area contributed by atoms with Gasteiger partial charge in [0.2, 0.25) is 0 Å². The Morgan fingerprint density at radius 3 is 2.28 bits per heavy atom. The number of carbonyl (C=O) groups is 2. The van der Waals surface area contributed by atoms with E-state index in [0.717, 1.165) is 12.8 Å². The standard InChI is InChI=1S/C13H23NO4/c1-9(11(15)17-5)14(8-10-6-7-10)12(16)18-13(2,3)4/h9-10H,6-8H2,1-5H3/t9-/m0/s1. The monoisotopic (exact) mass is 257 g/mol. The highest BCUT2D eigenvalue weighted by Crippen LogP contribution is 2.31. The lowest BCUT2D eigenvalue weighted by atomic mass is 10.2. The number of hydrogen-bond donors (Lipinski definition) is 0. The Morgan fingerprint density at radius 2 is 1.89 bits per heavy atom. The molecule has 1 aliphatic rings. The quantitative estimate of drug-likeness (QED) is 0.724. The molecule has 0 spiro atoms. The molecule has 0 bridgehead atoms. The van der Waals surface area contributed by atoms with Gasteiger partial charge in [-0.1, -0.05) is 0 Å². The molecule has 104 valence electrons. The highest BCUT2D eigenvalue weighted by atomic mass is 16.6. The van der Waals surface area contributed by atoms with E-state index in [1.54, 1.807) is 6.92 Å². The molecule has 0 aliphatic heterocycles. The minimum absolute atomic E-state index is 0.415. The summed E-state index contributed by atoms with van der Waals surface area (Å²) in [6, 6.07) is -0.606. The van der Waals surface area contributed by atoms with Crippen molar-refractivity contribution in [3.63, 3.8) is 0 Å². The van der Waals surface area contributed by atoms with Crippen LogP contribution >= 0.6 is 0 Å². The Morgan fingerprint density at radius 1 is 1.33 bits per heavy atom. The van der Waals surface area contributed by atoms with Gasteiger partial charge in [0, 0.05) is 6.54 Å². The zero-order valence-corrected chi connectivity index (χ0v) is 11.9. The molecule has 0 radical (unpaired) electrons. The molecule has 0 saturated heterocycles. The summed E-state index contributed by atoms with van der Waals surface area (Å²) in [5.41, 5.74) is -0.561. The highest BCUT2D eigenvalue weighted by molar-refractivity contribution is 5.81. The van der Waals surface area contributed by atoms with Crippen molar-refractivity contribution in [3.8, 4) is 0 Å². The normalized spacial score (nSPS) is 16.9. The predicted molar refractivity (Wildman–Crippen MR) is 67.1 cm³/mol. The summed E-state index contributed by atoms with van der Waals surface area (Å²) in [5, 5.41) is 0. The number of rotatable bonds is 4. The Bertz CT molecular complexity index is 317. The fraction of sp³-hybridized carbons (Fsp3) is 0.846. The van der Waals surface area contributed by atoms with Crippen LogP contribution in [0.5, 0.6) is 0 Å². The lowest BCUT2D eigenvalue weighted by molar-refractivity contribution is -0.146. The summed E-state index contributed by atoms with van der Waals surface area (Å²) < 4.78 is 10.0. The predicted octanol–water partition coefficient (Wildman–Crippen LogP) is 2.20. The summed E-state index contributed by atoms with van der Waals surface area (Å²) in [4.78, 5) is 25.1. The van der Waals surface area contributed by atoms with Crippen molar-refractivity contribution < 1.29 is 19.1 Å². The van der Waals surface area contributed by atoms with Gasteiger partial charge in [0.05, 0.1) is 7.11 Å². The first-order valence-corrected chi connectivity index (χ1v) is 6.32. The molecule has 0 unspecified atom stereocenters.